The summed E-state index contributed by atoms with van der Waals surface area (Å²) in [6, 6.07) is 10.9. The number of benzene rings is 1. The van der Waals surface area contributed by atoms with Gasteiger partial charge in [0.2, 0.25) is 5.88 Å². The van der Waals surface area contributed by atoms with Gasteiger partial charge in [-0.3, -0.25) is 0 Å². The number of aromatic carboxylic acids is 1. The number of nitrogens with zero attached hydrogens (tertiary/aromatic N) is 3. The Bertz CT molecular complexity index is 952. The number of anilines is 1. The number of hydrogen-bond acceptors (Lipinski definition) is 5. The molecular formula is C20H21N3O3. The third kappa shape index (κ3) is 3.31. The van der Waals surface area contributed by atoms with Crippen LogP contribution in [0.25, 0.3) is 22.2 Å². The number of carbonyl (C=O) groups is 1. The summed E-state index contributed by atoms with van der Waals surface area (Å²) >= 11 is 0. The van der Waals surface area contributed by atoms with Gasteiger partial charge in [-0.05, 0) is 44.2 Å². The monoisotopic (exact) mass is 351 g/mol. The van der Waals surface area contributed by atoms with Crippen LogP contribution >= 0.6 is 0 Å². The fraction of sp³-hybridized carbons (Fsp3) is 0.250. The van der Waals surface area contributed by atoms with Crippen LogP contribution in [0.3, 0.4) is 0 Å². The largest absolute Gasteiger partial charge is 0.481 e. The van der Waals surface area contributed by atoms with Gasteiger partial charge in [0.1, 0.15) is 0 Å². The van der Waals surface area contributed by atoms with E-state index < -0.39 is 5.97 Å². The van der Waals surface area contributed by atoms with Gasteiger partial charge < -0.3 is 14.7 Å². The van der Waals surface area contributed by atoms with Crippen LogP contribution in [0, 0.1) is 0 Å². The van der Waals surface area contributed by atoms with Gasteiger partial charge >= 0.3 is 5.97 Å². The molecule has 0 saturated heterocycles. The molecule has 0 atom stereocenters. The van der Waals surface area contributed by atoms with Crippen LogP contribution in [0.1, 0.15) is 24.2 Å². The maximum absolute atomic E-state index is 11.3. The molecule has 0 saturated carbocycles. The van der Waals surface area contributed by atoms with Crippen molar-refractivity contribution in [3.05, 3.63) is 48.2 Å². The van der Waals surface area contributed by atoms with Gasteiger partial charge in [0.25, 0.3) is 0 Å². The summed E-state index contributed by atoms with van der Waals surface area (Å²) in [4.78, 5) is 22.4. The Hall–Kier alpha value is -3.15. The minimum Gasteiger partial charge on any atom is -0.481 e. The van der Waals surface area contributed by atoms with Crippen molar-refractivity contribution in [1.82, 2.24) is 9.97 Å². The van der Waals surface area contributed by atoms with Crippen LogP contribution in [0.2, 0.25) is 0 Å². The van der Waals surface area contributed by atoms with Gasteiger partial charge in [0.15, 0.2) is 0 Å². The topological polar surface area (TPSA) is 75.6 Å². The molecule has 1 aromatic carbocycles. The lowest BCUT2D eigenvalue weighted by Crippen LogP contribution is -2.26. The van der Waals surface area contributed by atoms with Gasteiger partial charge in [-0.15, -0.1) is 0 Å². The Labute approximate surface area is 152 Å². The molecular weight excluding hydrogens is 330 g/mol. The number of ether oxygens (including phenoxy) is 1. The first kappa shape index (κ1) is 17.7. The van der Waals surface area contributed by atoms with Crippen molar-refractivity contribution in [2.45, 2.75) is 19.9 Å². The second-order valence-electron chi connectivity index (χ2n) is 6.36. The summed E-state index contributed by atoms with van der Waals surface area (Å²) in [6.45, 7) is 4.18. The van der Waals surface area contributed by atoms with Gasteiger partial charge in [0, 0.05) is 36.3 Å². The van der Waals surface area contributed by atoms with Crippen molar-refractivity contribution in [3.63, 3.8) is 0 Å². The fourth-order valence-corrected chi connectivity index (χ4v) is 2.70. The summed E-state index contributed by atoms with van der Waals surface area (Å²) in [5, 5.41) is 10.0. The number of carboxylic acid groups (broad SMARTS) is 1. The van der Waals surface area contributed by atoms with E-state index in [1.54, 1.807) is 37.6 Å². The number of rotatable bonds is 5. The van der Waals surface area contributed by atoms with Gasteiger partial charge in [-0.25, -0.2) is 14.8 Å². The number of aromatic nitrogens is 2. The quantitative estimate of drug-likeness (QED) is 0.752. The molecule has 0 radical (unpaired) electrons. The SMILES string of the molecule is COc1ccc(-c2nc3ccc(C(=O)O)cc3cc2N(C)C(C)C)cn1. The summed E-state index contributed by atoms with van der Waals surface area (Å²) < 4.78 is 5.13. The van der Waals surface area contributed by atoms with E-state index in [4.69, 9.17) is 9.72 Å². The maximum atomic E-state index is 11.3. The first-order chi connectivity index (χ1) is 12.4. The first-order valence-electron chi connectivity index (χ1n) is 8.32. The highest BCUT2D eigenvalue weighted by molar-refractivity contribution is 5.96. The smallest absolute Gasteiger partial charge is 0.335 e. The van der Waals surface area contributed by atoms with Crippen molar-refractivity contribution in [2.24, 2.45) is 0 Å². The lowest BCUT2D eigenvalue weighted by molar-refractivity contribution is 0.0697. The van der Waals surface area contributed by atoms with Crippen molar-refractivity contribution < 1.29 is 14.6 Å². The van der Waals surface area contributed by atoms with E-state index >= 15 is 0 Å². The average Bonchev–Trinajstić information content (AvgIpc) is 2.65. The van der Waals surface area contributed by atoms with E-state index in [9.17, 15) is 9.90 Å². The predicted molar refractivity (Wildman–Crippen MR) is 102 cm³/mol. The normalized spacial score (nSPS) is 11.0. The van der Waals surface area contributed by atoms with Crippen LogP contribution in [-0.2, 0) is 0 Å². The van der Waals surface area contributed by atoms with Gasteiger partial charge in [0.05, 0.1) is 29.6 Å². The minimum atomic E-state index is -0.950. The standard InChI is InChI=1S/C20H21N3O3/c1-12(2)23(3)17-10-15-9-13(20(24)25)5-7-16(15)22-19(17)14-6-8-18(26-4)21-11-14/h5-12H,1-4H3,(H,24,25). The van der Waals surface area contributed by atoms with E-state index in [1.807, 2.05) is 19.2 Å². The van der Waals surface area contributed by atoms with Crippen molar-refractivity contribution >= 4 is 22.6 Å². The molecule has 1 N–H and O–H groups in total. The zero-order chi connectivity index (χ0) is 18.8. The third-order valence-corrected chi connectivity index (χ3v) is 4.42. The van der Waals surface area contributed by atoms with Crippen LogP contribution in [-0.4, -0.2) is 41.2 Å². The Morgan fingerprint density at radius 2 is 1.96 bits per heavy atom. The van der Waals surface area contributed by atoms with Crippen LogP contribution in [0.4, 0.5) is 5.69 Å². The molecule has 0 bridgehead atoms. The third-order valence-electron chi connectivity index (χ3n) is 4.42. The number of pyridine rings is 2. The van der Waals surface area contributed by atoms with Crippen LogP contribution < -0.4 is 9.64 Å². The Morgan fingerprint density at radius 3 is 2.54 bits per heavy atom. The van der Waals surface area contributed by atoms with E-state index in [0.29, 0.717) is 5.88 Å². The summed E-state index contributed by atoms with van der Waals surface area (Å²) in [5.41, 5.74) is 3.57. The molecule has 134 valence electrons. The molecule has 0 unspecified atom stereocenters. The highest BCUT2D eigenvalue weighted by atomic mass is 16.5. The zero-order valence-corrected chi connectivity index (χ0v) is 15.2. The molecule has 0 aliphatic heterocycles. The molecule has 3 aromatic rings. The molecule has 0 fully saturated rings. The second-order valence-corrected chi connectivity index (χ2v) is 6.36. The Balaban J connectivity index is 2.22. The van der Waals surface area contributed by atoms with Gasteiger partial charge in [-0.1, -0.05) is 0 Å². The lowest BCUT2D eigenvalue weighted by Gasteiger charge is -2.26. The molecule has 0 spiro atoms. The molecule has 0 aliphatic carbocycles. The van der Waals surface area contributed by atoms with Crippen LogP contribution in [0.15, 0.2) is 42.6 Å². The molecule has 2 aromatic heterocycles. The second kappa shape index (κ2) is 7.00. The number of fused-ring (bicyclic) bond motifs is 1. The summed E-state index contributed by atoms with van der Waals surface area (Å²) in [7, 11) is 3.57. The predicted octanol–water partition coefficient (Wildman–Crippen LogP) is 3.85. The summed E-state index contributed by atoms with van der Waals surface area (Å²) in [6.07, 6.45) is 1.73. The summed E-state index contributed by atoms with van der Waals surface area (Å²) in [5.74, 6) is -0.409. The van der Waals surface area contributed by atoms with E-state index in [1.165, 1.54) is 0 Å². The van der Waals surface area contributed by atoms with E-state index in [2.05, 4.69) is 23.7 Å². The molecule has 6 heteroatoms. The molecule has 2 heterocycles. The lowest BCUT2D eigenvalue weighted by atomic mass is 10.1. The molecule has 26 heavy (non-hydrogen) atoms. The van der Waals surface area contributed by atoms with E-state index in [-0.39, 0.29) is 11.6 Å². The Kier molecular flexibility index (Phi) is 4.75. The average molecular weight is 351 g/mol. The maximum Gasteiger partial charge on any atom is 0.335 e. The Morgan fingerprint density at radius 1 is 1.19 bits per heavy atom. The molecule has 0 aliphatic rings. The van der Waals surface area contributed by atoms with Crippen molar-refractivity contribution in [2.75, 3.05) is 19.1 Å². The van der Waals surface area contributed by atoms with Crippen LogP contribution in [0.5, 0.6) is 5.88 Å². The number of methoxy groups -OCH3 is 1. The minimum absolute atomic E-state index is 0.247. The highest BCUT2D eigenvalue weighted by Crippen LogP contribution is 2.33. The zero-order valence-electron chi connectivity index (χ0n) is 15.2. The van der Waals surface area contributed by atoms with Gasteiger partial charge in [-0.2, -0.15) is 0 Å². The van der Waals surface area contributed by atoms with Crippen molar-refractivity contribution in [1.29, 1.82) is 0 Å². The molecule has 6 nitrogen and oxygen atoms in total. The molecule has 0 amide bonds. The van der Waals surface area contributed by atoms with E-state index in [0.717, 1.165) is 27.8 Å². The number of carboxylic acids is 1. The highest BCUT2D eigenvalue weighted by Gasteiger charge is 2.16. The fourth-order valence-electron chi connectivity index (χ4n) is 2.70. The van der Waals surface area contributed by atoms with Crippen molar-refractivity contribution in [3.8, 4) is 17.1 Å². The molecule has 3 rings (SSSR count). The first-order valence-corrected chi connectivity index (χ1v) is 8.32. The number of hydrogen-bond donors (Lipinski definition) is 1.